The Morgan fingerprint density at radius 2 is 2.05 bits per heavy atom. The number of carboxylic acid groups (broad SMARTS) is 1. The van der Waals surface area contributed by atoms with Crippen LogP contribution in [0.25, 0.3) is 0 Å². The molecule has 1 heterocycles. The van der Waals surface area contributed by atoms with E-state index < -0.39 is 5.97 Å². The monoisotopic (exact) mass is 265 g/mol. The number of nitrogens with zero attached hydrogens (tertiary/aromatic N) is 1. The van der Waals surface area contributed by atoms with Gasteiger partial charge in [0.15, 0.2) is 0 Å². The first-order chi connectivity index (χ1) is 9.16. The molecule has 1 atom stereocenters. The van der Waals surface area contributed by atoms with Crippen LogP contribution in [-0.2, 0) is 9.59 Å². The molecular formula is C15H23NO3. The molecule has 1 N–H and O–H groups in total. The first-order valence-corrected chi connectivity index (χ1v) is 7.35. The van der Waals surface area contributed by atoms with Crippen molar-refractivity contribution in [2.24, 2.45) is 5.92 Å². The first-order valence-electron chi connectivity index (χ1n) is 7.35. The molecule has 2 rings (SSSR count). The fraction of sp³-hybridized carbons (Fsp3) is 0.733. The van der Waals surface area contributed by atoms with Gasteiger partial charge in [-0.15, -0.1) is 0 Å². The van der Waals surface area contributed by atoms with Gasteiger partial charge in [0.1, 0.15) is 0 Å². The van der Waals surface area contributed by atoms with E-state index >= 15 is 0 Å². The lowest BCUT2D eigenvalue weighted by Crippen LogP contribution is -2.40. The topological polar surface area (TPSA) is 57.6 Å². The number of rotatable bonds is 5. The molecule has 0 saturated carbocycles. The van der Waals surface area contributed by atoms with Gasteiger partial charge in [-0.25, -0.2) is 0 Å². The fourth-order valence-corrected chi connectivity index (χ4v) is 3.06. The Morgan fingerprint density at radius 1 is 1.26 bits per heavy atom. The van der Waals surface area contributed by atoms with Crippen molar-refractivity contribution < 1.29 is 14.7 Å². The van der Waals surface area contributed by atoms with E-state index in [0.717, 1.165) is 25.9 Å². The number of piperidine rings is 1. The van der Waals surface area contributed by atoms with Crippen molar-refractivity contribution in [1.29, 1.82) is 0 Å². The van der Waals surface area contributed by atoms with E-state index in [1.54, 1.807) is 0 Å². The third kappa shape index (κ3) is 4.08. The summed E-state index contributed by atoms with van der Waals surface area (Å²) in [7, 11) is 0. The molecule has 1 amide bonds. The van der Waals surface area contributed by atoms with Crippen molar-refractivity contribution in [2.75, 3.05) is 13.1 Å². The maximum Gasteiger partial charge on any atom is 0.303 e. The second kappa shape index (κ2) is 6.73. The number of hydrogen-bond acceptors (Lipinski definition) is 2. The van der Waals surface area contributed by atoms with Crippen LogP contribution in [0.2, 0.25) is 0 Å². The average Bonchev–Trinajstić information content (AvgIpc) is 2.42. The highest BCUT2D eigenvalue weighted by Crippen LogP contribution is 2.32. The van der Waals surface area contributed by atoms with Gasteiger partial charge < -0.3 is 10.0 Å². The Balaban J connectivity index is 1.74. The molecule has 0 bridgehead atoms. The van der Waals surface area contributed by atoms with Gasteiger partial charge in [0.25, 0.3) is 0 Å². The third-order valence-corrected chi connectivity index (χ3v) is 4.19. The summed E-state index contributed by atoms with van der Waals surface area (Å²) in [6, 6.07) is 0. The molecule has 1 unspecified atom stereocenters. The minimum absolute atomic E-state index is 0.167. The molecule has 2 aliphatic rings. The first kappa shape index (κ1) is 14.1. The van der Waals surface area contributed by atoms with Gasteiger partial charge in [-0.1, -0.05) is 11.6 Å². The second-order valence-electron chi connectivity index (χ2n) is 5.61. The number of carbonyl (C=O) groups is 2. The number of unbranched alkanes of at least 4 members (excludes halogenated alkanes) is 1. The molecule has 4 heteroatoms. The molecule has 1 aliphatic carbocycles. The van der Waals surface area contributed by atoms with E-state index in [0.29, 0.717) is 25.2 Å². The Kier molecular flexibility index (Phi) is 5.00. The van der Waals surface area contributed by atoms with Gasteiger partial charge in [-0.05, 0) is 44.4 Å². The molecule has 0 spiro atoms. The van der Waals surface area contributed by atoms with Crippen molar-refractivity contribution in [3.05, 3.63) is 11.6 Å². The van der Waals surface area contributed by atoms with Gasteiger partial charge in [0.2, 0.25) is 5.91 Å². The highest BCUT2D eigenvalue weighted by Gasteiger charge is 2.27. The van der Waals surface area contributed by atoms with Crippen LogP contribution in [0, 0.1) is 5.92 Å². The van der Waals surface area contributed by atoms with Crippen molar-refractivity contribution >= 4 is 11.9 Å². The summed E-state index contributed by atoms with van der Waals surface area (Å²) in [6.07, 6.45) is 9.09. The summed E-state index contributed by atoms with van der Waals surface area (Å²) in [5.74, 6) is 0.126. The zero-order chi connectivity index (χ0) is 13.7. The smallest absolute Gasteiger partial charge is 0.303 e. The molecule has 19 heavy (non-hydrogen) atoms. The van der Waals surface area contributed by atoms with E-state index in [-0.39, 0.29) is 12.3 Å². The molecule has 0 radical (unpaired) electrons. The quantitative estimate of drug-likeness (QED) is 0.614. The summed E-state index contributed by atoms with van der Waals surface area (Å²) in [5.41, 5.74) is 1.45. The van der Waals surface area contributed by atoms with Crippen LogP contribution in [0.1, 0.15) is 51.4 Å². The maximum absolute atomic E-state index is 12.1. The van der Waals surface area contributed by atoms with E-state index in [2.05, 4.69) is 6.08 Å². The molecule has 4 nitrogen and oxygen atoms in total. The number of hydrogen-bond donors (Lipinski definition) is 1. The van der Waals surface area contributed by atoms with Crippen molar-refractivity contribution in [3.8, 4) is 0 Å². The molecule has 106 valence electrons. The summed E-state index contributed by atoms with van der Waals surface area (Å²) in [6.45, 7) is 1.68. The molecule has 1 saturated heterocycles. The standard InChI is InChI=1S/C15H23NO3/c17-14(7-3-4-8-15(18)19)16-10-9-12-5-1-2-6-13(12)11-16/h6,12H,1-5,7-11H2,(H,18,19). The lowest BCUT2D eigenvalue weighted by atomic mass is 9.82. The highest BCUT2D eigenvalue weighted by molar-refractivity contribution is 5.76. The van der Waals surface area contributed by atoms with Crippen molar-refractivity contribution in [2.45, 2.75) is 51.4 Å². The largest absolute Gasteiger partial charge is 0.481 e. The van der Waals surface area contributed by atoms with Crippen LogP contribution in [0.4, 0.5) is 0 Å². The normalized spacial score (nSPS) is 22.6. The fourth-order valence-electron chi connectivity index (χ4n) is 3.06. The highest BCUT2D eigenvalue weighted by atomic mass is 16.4. The van der Waals surface area contributed by atoms with Crippen LogP contribution in [0.5, 0.6) is 0 Å². The molecule has 0 aromatic heterocycles. The lowest BCUT2D eigenvalue weighted by molar-refractivity contribution is -0.137. The molecule has 0 aromatic carbocycles. The van der Waals surface area contributed by atoms with Crippen molar-refractivity contribution in [3.63, 3.8) is 0 Å². The van der Waals surface area contributed by atoms with Crippen LogP contribution < -0.4 is 0 Å². The predicted octanol–water partition coefficient (Wildman–Crippen LogP) is 2.59. The number of aliphatic carboxylic acids is 1. The summed E-state index contributed by atoms with van der Waals surface area (Å²) in [5, 5.41) is 8.55. The SMILES string of the molecule is O=C(O)CCCCC(=O)N1CCC2CCCC=C2C1. The zero-order valence-electron chi connectivity index (χ0n) is 11.4. The Morgan fingerprint density at radius 3 is 2.84 bits per heavy atom. The zero-order valence-corrected chi connectivity index (χ0v) is 11.4. The van der Waals surface area contributed by atoms with Crippen molar-refractivity contribution in [1.82, 2.24) is 4.90 Å². The van der Waals surface area contributed by atoms with Crippen LogP contribution in [0.3, 0.4) is 0 Å². The average molecular weight is 265 g/mol. The van der Waals surface area contributed by atoms with Gasteiger partial charge in [0.05, 0.1) is 0 Å². The predicted molar refractivity (Wildman–Crippen MR) is 72.7 cm³/mol. The van der Waals surface area contributed by atoms with Gasteiger partial charge >= 0.3 is 5.97 Å². The van der Waals surface area contributed by atoms with Gasteiger partial charge in [-0.3, -0.25) is 9.59 Å². The van der Waals surface area contributed by atoms with E-state index in [9.17, 15) is 9.59 Å². The van der Waals surface area contributed by atoms with Gasteiger partial charge in [0, 0.05) is 25.9 Å². The van der Waals surface area contributed by atoms with E-state index in [1.165, 1.54) is 18.4 Å². The van der Waals surface area contributed by atoms with Gasteiger partial charge in [-0.2, -0.15) is 0 Å². The Hall–Kier alpha value is -1.32. The molecule has 0 aromatic rings. The van der Waals surface area contributed by atoms with Crippen LogP contribution in [-0.4, -0.2) is 35.0 Å². The molecule has 1 fully saturated rings. The number of carboxylic acids is 1. The lowest BCUT2D eigenvalue weighted by Gasteiger charge is -2.36. The molecule has 1 aliphatic heterocycles. The van der Waals surface area contributed by atoms with E-state index in [1.807, 2.05) is 4.90 Å². The Labute approximate surface area is 114 Å². The second-order valence-corrected chi connectivity index (χ2v) is 5.61. The maximum atomic E-state index is 12.1. The molecular weight excluding hydrogens is 242 g/mol. The summed E-state index contributed by atoms with van der Waals surface area (Å²) in [4.78, 5) is 24.4. The third-order valence-electron chi connectivity index (χ3n) is 4.19. The number of carbonyl (C=O) groups excluding carboxylic acids is 1. The number of allylic oxidation sites excluding steroid dienone is 1. The van der Waals surface area contributed by atoms with Crippen LogP contribution >= 0.6 is 0 Å². The number of fused-ring (bicyclic) bond motifs is 1. The summed E-state index contributed by atoms with van der Waals surface area (Å²) < 4.78 is 0. The summed E-state index contributed by atoms with van der Waals surface area (Å²) >= 11 is 0. The minimum Gasteiger partial charge on any atom is -0.481 e. The number of amides is 1. The Bertz CT molecular complexity index is 376. The minimum atomic E-state index is -0.777. The van der Waals surface area contributed by atoms with E-state index in [4.69, 9.17) is 5.11 Å². The van der Waals surface area contributed by atoms with Crippen LogP contribution in [0.15, 0.2) is 11.6 Å². The number of likely N-dealkylation sites (tertiary alicyclic amines) is 1.